The van der Waals surface area contributed by atoms with Crippen molar-refractivity contribution in [3.8, 4) is 17.6 Å². The molecule has 2 aromatic carbocycles. The molecular weight excluding hydrogens is 546 g/mol. The normalized spacial score (nSPS) is 16.0. The molecule has 0 saturated heterocycles. The topological polar surface area (TPSA) is 118 Å². The number of ether oxygens (including phenoxy) is 3. The Hall–Kier alpha value is -3.73. The lowest BCUT2D eigenvalue weighted by Gasteiger charge is -2.37. The van der Waals surface area contributed by atoms with E-state index in [1.165, 1.54) is 25.3 Å². The maximum Gasteiger partial charge on any atom is 0.427 e. The molecule has 39 heavy (non-hydrogen) atoms. The highest BCUT2D eigenvalue weighted by Crippen LogP contribution is 2.41. The average molecular weight is 574 g/mol. The molecule has 0 spiro atoms. The van der Waals surface area contributed by atoms with Crippen molar-refractivity contribution in [2.75, 3.05) is 23.3 Å². The first-order valence-electron chi connectivity index (χ1n) is 11.6. The van der Waals surface area contributed by atoms with E-state index < -0.39 is 45.2 Å². The Morgan fingerprint density at radius 3 is 2.44 bits per heavy atom. The monoisotopic (exact) mass is 573 g/mol. The average Bonchev–Trinajstić information content (AvgIpc) is 2.82. The van der Waals surface area contributed by atoms with Gasteiger partial charge in [-0.25, -0.2) is 17.6 Å². The highest BCUT2D eigenvalue weighted by atomic mass is 32.2. The van der Waals surface area contributed by atoms with Crippen molar-refractivity contribution in [1.29, 1.82) is 5.26 Å². The lowest BCUT2D eigenvalue weighted by Crippen LogP contribution is -2.45. The molecule has 0 aliphatic carbocycles. The number of halogens is 4. The standard InChI is InChI=1S/C25H27F4N3O6S/c1-23(2,14-30)12-16-13-32(39(34,35)17-7-8-18(26)21(11-17)36-5)19-10-15(6-9-20(19)37-16)31-22(33)38-24(3,4)25(27,28)29/h6-11,16H,12-13H2,1-5H3,(H,31,33)/t16-/m0/s1. The van der Waals surface area contributed by atoms with Crippen LogP contribution in [0, 0.1) is 22.6 Å². The van der Waals surface area contributed by atoms with Gasteiger partial charge in [0.1, 0.15) is 11.9 Å². The largest absolute Gasteiger partial charge is 0.494 e. The zero-order valence-electron chi connectivity index (χ0n) is 21.7. The van der Waals surface area contributed by atoms with Crippen molar-refractivity contribution in [3.05, 3.63) is 42.2 Å². The number of hydrogen-bond acceptors (Lipinski definition) is 7. The van der Waals surface area contributed by atoms with E-state index in [2.05, 4.69) is 16.1 Å². The molecule has 0 bridgehead atoms. The molecule has 9 nitrogen and oxygen atoms in total. The maximum absolute atomic E-state index is 14.0. The Kier molecular flexibility index (Phi) is 7.98. The van der Waals surface area contributed by atoms with Crippen LogP contribution in [0.1, 0.15) is 34.1 Å². The lowest BCUT2D eigenvalue weighted by molar-refractivity contribution is -0.242. The van der Waals surface area contributed by atoms with E-state index in [0.29, 0.717) is 13.8 Å². The summed E-state index contributed by atoms with van der Waals surface area (Å²) in [5.74, 6) is -1.01. The van der Waals surface area contributed by atoms with Crippen LogP contribution in [0.4, 0.5) is 33.7 Å². The molecule has 1 N–H and O–H groups in total. The van der Waals surface area contributed by atoms with Crippen molar-refractivity contribution >= 4 is 27.5 Å². The minimum atomic E-state index is -4.83. The fourth-order valence-electron chi connectivity index (χ4n) is 3.70. The van der Waals surface area contributed by atoms with Gasteiger partial charge in [-0.2, -0.15) is 18.4 Å². The number of carbonyl (C=O) groups is 1. The van der Waals surface area contributed by atoms with E-state index >= 15 is 0 Å². The number of amides is 1. The molecule has 2 aromatic rings. The van der Waals surface area contributed by atoms with Gasteiger partial charge in [0.2, 0.25) is 5.60 Å². The molecule has 0 fully saturated rings. The number of fused-ring (bicyclic) bond motifs is 1. The molecule has 0 unspecified atom stereocenters. The Labute approximate surface area is 223 Å². The predicted molar refractivity (Wildman–Crippen MR) is 133 cm³/mol. The summed E-state index contributed by atoms with van der Waals surface area (Å²) in [6.45, 7) is 4.44. The lowest BCUT2D eigenvalue weighted by atomic mass is 9.88. The number of nitrogens with zero attached hydrogens (tertiary/aromatic N) is 2. The first-order chi connectivity index (χ1) is 17.9. The summed E-state index contributed by atoms with van der Waals surface area (Å²) in [5.41, 5.74) is -3.77. The van der Waals surface area contributed by atoms with E-state index in [4.69, 9.17) is 9.47 Å². The summed E-state index contributed by atoms with van der Waals surface area (Å²) < 4.78 is 97.1. The summed E-state index contributed by atoms with van der Waals surface area (Å²) in [6.07, 6.45) is -6.86. The van der Waals surface area contributed by atoms with Gasteiger partial charge in [0.25, 0.3) is 10.0 Å². The van der Waals surface area contributed by atoms with Crippen molar-refractivity contribution in [1.82, 2.24) is 0 Å². The Balaban J connectivity index is 2.03. The van der Waals surface area contributed by atoms with Crippen LogP contribution in [0.3, 0.4) is 0 Å². The van der Waals surface area contributed by atoms with Crippen LogP contribution in [0.25, 0.3) is 0 Å². The van der Waals surface area contributed by atoms with Crippen molar-refractivity contribution in [2.24, 2.45) is 5.41 Å². The number of nitrogens with one attached hydrogen (secondary N) is 1. The number of hydrogen-bond donors (Lipinski definition) is 1. The van der Waals surface area contributed by atoms with Crippen LogP contribution in [0.15, 0.2) is 41.3 Å². The Morgan fingerprint density at radius 1 is 1.18 bits per heavy atom. The first kappa shape index (κ1) is 29.8. The van der Waals surface area contributed by atoms with Crippen LogP contribution in [0.2, 0.25) is 0 Å². The van der Waals surface area contributed by atoms with Gasteiger partial charge in [0, 0.05) is 18.2 Å². The van der Waals surface area contributed by atoms with Crippen LogP contribution in [0.5, 0.6) is 11.5 Å². The zero-order valence-corrected chi connectivity index (χ0v) is 22.5. The van der Waals surface area contributed by atoms with Gasteiger partial charge in [-0.1, -0.05) is 0 Å². The molecule has 1 heterocycles. The van der Waals surface area contributed by atoms with Gasteiger partial charge < -0.3 is 14.2 Å². The van der Waals surface area contributed by atoms with E-state index in [9.17, 15) is 36.0 Å². The fourth-order valence-corrected chi connectivity index (χ4v) is 5.21. The molecule has 1 aliphatic rings. The van der Waals surface area contributed by atoms with Crippen LogP contribution >= 0.6 is 0 Å². The third-order valence-electron chi connectivity index (χ3n) is 5.92. The fraction of sp³-hybridized carbons (Fsp3) is 0.440. The Morgan fingerprint density at radius 2 is 1.85 bits per heavy atom. The van der Waals surface area contributed by atoms with Crippen molar-refractivity contribution < 1.29 is 45.0 Å². The summed E-state index contributed by atoms with van der Waals surface area (Å²) in [4.78, 5) is 11.9. The predicted octanol–water partition coefficient (Wildman–Crippen LogP) is 5.62. The van der Waals surface area contributed by atoms with Gasteiger partial charge in [-0.15, -0.1) is 0 Å². The number of nitriles is 1. The molecule has 3 rings (SSSR count). The second-order valence-electron chi connectivity index (χ2n) is 9.98. The second kappa shape index (κ2) is 10.4. The second-order valence-corrected chi connectivity index (χ2v) is 11.8. The quantitative estimate of drug-likeness (QED) is 0.427. The van der Waals surface area contributed by atoms with Gasteiger partial charge in [-0.05, 0) is 58.0 Å². The number of methoxy groups -OCH3 is 1. The minimum absolute atomic E-state index is 0.0443. The van der Waals surface area contributed by atoms with Gasteiger partial charge >= 0.3 is 12.3 Å². The highest BCUT2D eigenvalue weighted by molar-refractivity contribution is 7.92. The van der Waals surface area contributed by atoms with E-state index in [1.54, 1.807) is 13.8 Å². The Bertz CT molecular complexity index is 1400. The molecular formula is C25H27F4N3O6S. The number of alkyl halides is 3. The minimum Gasteiger partial charge on any atom is -0.494 e. The van der Waals surface area contributed by atoms with E-state index in [1.807, 2.05) is 0 Å². The summed E-state index contributed by atoms with van der Waals surface area (Å²) >= 11 is 0. The summed E-state index contributed by atoms with van der Waals surface area (Å²) in [6, 6.07) is 8.94. The zero-order chi connectivity index (χ0) is 29.4. The molecule has 212 valence electrons. The molecule has 14 heteroatoms. The number of carbonyl (C=O) groups excluding carboxylic acids is 1. The summed E-state index contributed by atoms with van der Waals surface area (Å²) in [7, 11) is -3.21. The number of benzene rings is 2. The van der Waals surface area contributed by atoms with Crippen LogP contribution in [-0.4, -0.2) is 46.0 Å². The number of rotatable bonds is 7. The highest BCUT2D eigenvalue weighted by Gasteiger charge is 2.51. The smallest absolute Gasteiger partial charge is 0.427 e. The molecule has 1 amide bonds. The third-order valence-corrected chi connectivity index (χ3v) is 7.69. The van der Waals surface area contributed by atoms with Crippen LogP contribution in [-0.2, 0) is 14.8 Å². The van der Waals surface area contributed by atoms with Crippen molar-refractivity contribution in [2.45, 2.75) is 56.9 Å². The number of sulfonamides is 1. The maximum atomic E-state index is 14.0. The summed E-state index contributed by atoms with van der Waals surface area (Å²) in [5, 5.41) is 11.6. The molecule has 1 atom stereocenters. The van der Waals surface area contributed by atoms with Gasteiger partial charge in [0.15, 0.2) is 11.6 Å². The molecule has 1 aliphatic heterocycles. The van der Waals surface area contributed by atoms with E-state index in [-0.39, 0.29) is 40.7 Å². The SMILES string of the molecule is COc1cc(S(=O)(=O)N2C[C@H](CC(C)(C)C#N)Oc3ccc(NC(=O)OC(C)(C)C(F)(F)F)cc32)ccc1F. The van der Waals surface area contributed by atoms with Crippen molar-refractivity contribution in [3.63, 3.8) is 0 Å². The van der Waals surface area contributed by atoms with E-state index in [0.717, 1.165) is 22.5 Å². The van der Waals surface area contributed by atoms with Crippen LogP contribution < -0.4 is 19.1 Å². The molecule has 0 aromatic heterocycles. The molecule has 0 saturated carbocycles. The first-order valence-corrected chi connectivity index (χ1v) is 13.0. The van der Waals surface area contributed by atoms with Gasteiger partial charge in [0.05, 0.1) is 35.7 Å². The molecule has 0 radical (unpaired) electrons. The number of anilines is 2. The van der Waals surface area contributed by atoms with Gasteiger partial charge in [-0.3, -0.25) is 9.62 Å². The third kappa shape index (κ3) is 6.47.